The normalized spacial score (nSPS) is 32.8. The molecule has 0 N–H and O–H groups in total. The first-order valence-electron chi connectivity index (χ1n) is 8.81. The Bertz CT molecular complexity index is 524. The molecular formula is C19H31BO2. The second kappa shape index (κ2) is 4.98. The van der Waals surface area contributed by atoms with Crippen molar-refractivity contribution in [1.82, 2.24) is 0 Å². The Hall–Kier alpha value is -0.535. The quantitative estimate of drug-likeness (QED) is 0.628. The second-order valence-electron chi connectivity index (χ2n) is 9.07. The van der Waals surface area contributed by atoms with E-state index in [0.717, 1.165) is 6.42 Å². The molecule has 0 radical (unpaired) electrons. The van der Waals surface area contributed by atoms with E-state index < -0.39 is 0 Å². The van der Waals surface area contributed by atoms with Gasteiger partial charge in [0, 0.05) is 0 Å². The Labute approximate surface area is 136 Å². The Balaban J connectivity index is 1.92. The number of allylic oxidation sites excluding steroid dienone is 4. The lowest BCUT2D eigenvalue weighted by Crippen LogP contribution is -2.41. The molecule has 3 aliphatic rings. The Morgan fingerprint density at radius 2 is 1.64 bits per heavy atom. The molecule has 0 amide bonds. The molecule has 1 unspecified atom stereocenters. The van der Waals surface area contributed by atoms with Gasteiger partial charge < -0.3 is 9.31 Å². The standard InChI is InChI=1S/C19H31BO2/c1-13-11-15-14(9-8-10-17(15,2)3)12-16(13)20-21-18(4,5)19(6,7)22-20/h11,14H,8-10,12H2,1-7H3. The van der Waals surface area contributed by atoms with E-state index in [9.17, 15) is 0 Å². The molecular weight excluding hydrogens is 271 g/mol. The van der Waals surface area contributed by atoms with Crippen LogP contribution >= 0.6 is 0 Å². The van der Waals surface area contributed by atoms with Crippen molar-refractivity contribution in [1.29, 1.82) is 0 Å². The van der Waals surface area contributed by atoms with Crippen molar-refractivity contribution in [3.05, 3.63) is 22.7 Å². The highest BCUT2D eigenvalue weighted by atomic mass is 16.7. The molecule has 1 atom stereocenters. The predicted molar refractivity (Wildman–Crippen MR) is 92.6 cm³/mol. The van der Waals surface area contributed by atoms with Crippen LogP contribution in [0.25, 0.3) is 0 Å². The molecule has 0 bridgehead atoms. The van der Waals surface area contributed by atoms with E-state index in [1.165, 1.54) is 30.3 Å². The first kappa shape index (κ1) is 16.3. The Morgan fingerprint density at radius 1 is 1.05 bits per heavy atom. The van der Waals surface area contributed by atoms with Crippen LogP contribution in [0.2, 0.25) is 0 Å². The van der Waals surface area contributed by atoms with Crippen LogP contribution in [-0.4, -0.2) is 18.3 Å². The van der Waals surface area contributed by atoms with Crippen LogP contribution in [-0.2, 0) is 9.31 Å². The third-order valence-corrected chi connectivity index (χ3v) is 6.46. The van der Waals surface area contributed by atoms with Crippen LogP contribution in [0.5, 0.6) is 0 Å². The highest BCUT2D eigenvalue weighted by molar-refractivity contribution is 6.55. The van der Waals surface area contributed by atoms with Crippen molar-refractivity contribution in [2.45, 2.75) is 85.4 Å². The molecule has 0 aromatic rings. The third kappa shape index (κ3) is 2.51. The van der Waals surface area contributed by atoms with E-state index in [2.05, 4.69) is 54.5 Å². The van der Waals surface area contributed by atoms with Crippen molar-refractivity contribution in [3.63, 3.8) is 0 Å². The summed E-state index contributed by atoms with van der Waals surface area (Å²) >= 11 is 0. The summed E-state index contributed by atoms with van der Waals surface area (Å²) in [6.07, 6.45) is 7.51. The van der Waals surface area contributed by atoms with Gasteiger partial charge in [0.1, 0.15) is 0 Å². The van der Waals surface area contributed by atoms with Crippen LogP contribution in [0.3, 0.4) is 0 Å². The number of hydrogen-bond donors (Lipinski definition) is 0. The van der Waals surface area contributed by atoms with Crippen LogP contribution in [0.15, 0.2) is 22.7 Å². The van der Waals surface area contributed by atoms with Crippen molar-refractivity contribution < 1.29 is 9.31 Å². The average molecular weight is 302 g/mol. The fourth-order valence-corrected chi connectivity index (χ4v) is 4.19. The third-order valence-electron chi connectivity index (χ3n) is 6.46. The molecule has 1 saturated carbocycles. The predicted octanol–water partition coefficient (Wildman–Crippen LogP) is 5.09. The van der Waals surface area contributed by atoms with E-state index in [1.807, 2.05) is 0 Å². The summed E-state index contributed by atoms with van der Waals surface area (Å²) in [5.41, 5.74) is 4.23. The highest BCUT2D eigenvalue weighted by Crippen LogP contribution is 2.50. The fraction of sp³-hybridized carbons (Fsp3) is 0.789. The molecule has 2 nitrogen and oxygen atoms in total. The monoisotopic (exact) mass is 302 g/mol. The second-order valence-corrected chi connectivity index (χ2v) is 9.07. The van der Waals surface area contributed by atoms with Crippen LogP contribution in [0.1, 0.15) is 74.1 Å². The zero-order valence-electron chi connectivity index (χ0n) is 15.4. The van der Waals surface area contributed by atoms with Gasteiger partial charge in [0.05, 0.1) is 11.2 Å². The molecule has 122 valence electrons. The number of fused-ring (bicyclic) bond motifs is 1. The summed E-state index contributed by atoms with van der Waals surface area (Å²) in [6.45, 7) is 15.6. The van der Waals surface area contributed by atoms with Crippen molar-refractivity contribution in [3.8, 4) is 0 Å². The number of rotatable bonds is 1. The Kier molecular flexibility index (Phi) is 3.69. The van der Waals surface area contributed by atoms with E-state index in [-0.39, 0.29) is 18.3 Å². The highest BCUT2D eigenvalue weighted by Gasteiger charge is 2.53. The molecule has 2 aliphatic carbocycles. The minimum Gasteiger partial charge on any atom is -0.400 e. The minimum absolute atomic E-state index is 0.173. The van der Waals surface area contributed by atoms with Gasteiger partial charge in [-0.15, -0.1) is 0 Å². The summed E-state index contributed by atoms with van der Waals surface area (Å²) in [5.74, 6) is 0.682. The lowest BCUT2D eigenvalue weighted by atomic mass is 9.59. The van der Waals surface area contributed by atoms with Gasteiger partial charge in [-0.25, -0.2) is 0 Å². The van der Waals surface area contributed by atoms with E-state index in [1.54, 1.807) is 5.57 Å². The zero-order valence-corrected chi connectivity index (χ0v) is 15.4. The first-order valence-corrected chi connectivity index (χ1v) is 8.81. The van der Waals surface area contributed by atoms with Crippen molar-refractivity contribution in [2.75, 3.05) is 0 Å². The van der Waals surface area contributed by atoms with Gasteiger partial charge in [0.15, 0.2) is 0 Å². The summed E-state index contributed by atoms with van der Waals surface area (Å²) < 4.78 is 12.6. The summed E-state index contributed by atoms with van der Waals surface area (Å²) in [6, 6.07) is 0. The molecule has 1 saturated heterocycles. The van der Waals surface area contributed by atoms with Gasteiger partial charge in [-0.05, 0) is 70.7 Å². The number of hydrogen-bond acceptors (Lipinski definition) is 2. The average Bonchev–Trinajstić information content (AvgIpc) is 2.58. The lowest BCUT2D eigenvalue weighted by molar-refractivity contribution is 0.00578. The lowest BCUT2D eigenvalue weighted by Gasteiger charge is -2.42. The fourth-order valence-electron chi connectivity index (χ4n) is 4.19. The molecule has 0 aromatic carbocycles. The maximum atomic E-state index is 6.30. The topological polar surface area (TPSA) is 18.5 Å². The largest absolute Gasteiger partial charge is 0.490 e. The van der Waals surface area contributed by atoms with Gasteiger partial charge in [0.25, 0.3) is 0 Å². The first-order chi connectivity index (χ1) is 10.0. The molecule has 0 spiro atoms. The molecule has 22 heavy (non-hydrogen) atoms. The summed E-state index contributed by atoms with van der Waals surface area (Å²) in [7, 11) is -0.173. The van der Waals surface area contributed by atoms with Gasteiger partial charge in [-0.2, -0.15) is 0 Å². The SMILES string of the molecule is CC1=C(B2OC(C)(C)C(C)(C)O2)CC2CCCC(C)(C)C2=C1. The smallest absolute Gasteiger partial charge is 0.400 e. The molecule has 2 fully saturated rings. The van der Waals surface area contributed by atoms with Crippen LogP contribution < -0.4 is 0 Å². The van der Waals surface area contributed by atoms with Gasteiger partial charge in [-0.3, -0.25) is 0 Å². The molecule has 0 aromatic heterocycles. The maximum Gasteiger partial charge on any atom is 0.490 e. The maximum absolute atomic E-state index is 6.30. The van der Waals surface area contributed by atoms with E-state index >= 15 is 0 Å². The summed E-state index contributed by atoms with van der Waals surface area (Å²) in [5, 5.41) is 0. The summed E-state index contributed by atoms with van der Waals surface area (Å²) in [4.78, 5) is 0. The van der Waals surface area contributed by atoms with E-state index in [0.29, 0.717) is 11.3 Å². The molecule has 3 heteroatoms. The molecule has 3 rings (SSSR count). The van der Waals surface area contributed by atoms with Crippen molar-refractivity contribution in [2.24, 2.45) is 11.3 Å². The molecule has 1 aliphatic heterocycles. The van der Waals surface area contributed by atoms with Gasteiger partial charge >= 0.3 is 7.12 Å². The van der Waals surface area contributed by atoms with Crippen LogP contribution in [0, 0.1) is 11.3 Å². The van der Waals surface area contributed by atoms with Crippen molar-refractivity contribution >= 4 is 7.12 Å². The van der Waals surface area contributed by atoms with Crippen LogP contribution in [0.4, 0.5) is 0 Å². The van der Waals surface area contributed by atoms with Gasteiger partial charge in [-0.1, -0.05) is 37.5 Å². The zero-order chi connectivity index (χ0) is 16.3. The molecule has 1 heterocycles. The minimum atomic E-state index is -0.249. The van der Waals surface area contributed by atoms with E-state index in [4.69, 9.17) is 9.31 Å². The van der Waals surface area contributed by atoms with Gasteiger partial charge in [0.2, 0.25) is 0 Å². The Morgan fingerprint density at radius 3 is 2.23 bits per heavy atom.